The van der Waals surface area contributed by atoms with Crippen molar-refractivity contribution in [3.63, 3.8) is 0 Å². The maximum Gasteiger partial charge on any atom is 0.0154 e. The lowest BCUT2D eigenvalue weighted by Gasteiger charge is -2.37. The Morgan fingerprint density at radius 3 is 2.11 bits per heavy atom. The summed E-state index contributed by atoms with van der Waals surface area (Å²) in [5, 5.41) is 0. The Hall–Kier alpha value is -0.0400. The third kappa shape index (κ3) is 6.22. The van der Waals surface area contributed by atoms with Crippen molar-refractivity contribution in [1.29, 1.82) is 0 Å². The second kappa shape index (κ2) is 8.96. The van der Waals surface area contributed by atoms with Crippen molar-refractivity contribution in [3.8, 4) is 0 Å². The quantitative estimate of drug-likeness (QED) is 0.545. The van der Waals surface area contributed by atoms with Gasteiger partial charge in [0.1, 0.15) is 0 Å². The Balaban J connectivity index is 2.07. The number of hydrogen-bond acceptors (Lipinski definition) is 1. The van der Waals surface area contributed by atoms with Crippen LogP contribution in [0.25, 0.3) is 0 Å². The zero-order valence-electron chi connectivity index (χ0n) is 12.8. The van der Waals surface area contributed by atoms with E-state index in [1.54, 1.807) is 0 Å². The summed E-state index contributed by atoms with van der Waals surface area (Å²) in [7, 11) is 0. The summed E-state index contributed by atoms with van der Waals surface area (Å²) in [6.07, 6.45) is 17.8. The molecule has 1 aliphatic rings. The van der Waals surface area contributed by atoms with Crippen molar-refractivity contribution < 1.29 is 0 Å². The maximum atomic E-state index is 6.56. The first-order chi connectivity index (χ1) is 8.70. The minimum absolute atomic E-state index is 0.203. The van der Waals surface area contributed by atoms with Crippen molar-refractivity contribution in [2.45, 2.75) is 103 Å². The Kier molecular flexibility index (Phi) is 7.97. The van der Waals surface area contributed by atoms with Gasteiger partial charge in [0.2, 0.25) is 0 Å². The first-order valence-corrected chi connectivity index (χ1v) is 8.49. The molecule has 1 saturated carbocycles. The van der Waals surface area contributed by atoms with Crippen LogP contribution in [0.4, 0.5) is 0 Å². The van der Waals surface area contributed by atoms with Crippen LogP contribution in [0.2, 0.25) is 0 Å². The van der Waals surface area contributed by atoms with E-state index in [1.807, 2.05) is 0 Å². The first kappa shape index (κ1) is 16.0. The van der Waals surface area contributed by atoms with Crippen molar-refractivity contribution >= 4 is 0 Å². The molecule has 0 aliphatic heterocycles. The Bertz CT molecular complexity index is 192. The third-order valence-corrected chi connectivity index (χ3v) is 4.83. The molecule has 0 atom stereocenters. The molecule has 1 fully saturated rings. The van der Waals surface area contributed by atoms with Gasteiger partial charge in [-0.3, -0.25) is 0 Å². The van der Waals surface area contributed by atoms with Crippen LogP contribution in [0.15, 0.2) is 0 Å². The van der Waals surface area contributed by atoms with Gasteiger partial charge in [-0.1, -0.05) is 65.2 Å². The third-order valence-electron chi connectivity index (χ3n) is 4.83. The monoisotopic (exact) mass is 253 g/mol. The van der Waals surface area contributed by atoms with E-state index < -0.39 is 0 Å². The molecule has 0 aromatic carbocycles. The van der Waals surface area contributed by atoms with Crippen LogP contribution < -0.4 is 5.73 Å². The highest BCUT2D eigenvalue weighted by Gasteiger charge is 2.30. The van der Waals surface area contributed by atoms with E-state index in [0.717, 1.165) is 5.92 Å². The first-order valence-electron chi connectivity index (χ1n) is 8.49. The van der Waals surface area contributed by atoms with Gasteiger partial charge in [-0.15, -0.1) is 0 Å². The second-order valence-electron chi connectivity index (χ2n) is 6.61. The van der Waals surface area contributed by atoms with Crippen LogP contribution in [0.5, 0.6) is 0 Å². The molecule has 0 heterocycles. The van der Waals surface area contributed by atoms with E-state index in [0.29, 0.717) is 0 Å². The molecule has 0 bridgehead atoms. The van der Waals surface area contributed by atoms with Gasteiger partial charge in [-0.25, -0.2) is 0 Å². The van der Waals surface area contributed by atoms with E-state index in [-0.39, 0.29) is 5.54 Å². The largest absolute Gasteiger partial charge is 0.325 e. The molecule has 0 saturated heterocycles. The van der Waals surface area contributed by atoms with E-state index in [4.69, 9.17) is 5.73 Å². The molecule has 1 rings (SSSR count). The predicted molar refractivity (Wildman–Crippen MR) is 81.8 cm³/mol. The van der Waals surface area contributed by atoms with Crippen molar-refractivity contribution in [2.24, 2.45) is 11.7 Å². The fraction of sp³-hybridized carbons (Fsp3) is 1.00. The number of nitrogens with two attached hydrogens (primary N) is 1. The zero-order valence-corrected chi connectivity index (χ0v) is 12.8. The Morgan fingerprint density at radius 1 is 0.889 bits per heavy atom. The molecule has 0 aromatic rings. The molecule has 1 heteroatoms. The zero-order chi connectivity index (χ0) is 13.3. The highest BCUT2D eigenvalue weighted by Crippen LogP contribution is 2.35. The lowest BCUT2D eigenvalue weighted by molar-refractivity contribution is 0.209. The number of hydrogen-bond donors (Lipinski definition) is 1. The number of unbranched alkanes of at least 4 members (excludes halogenated alkanes) is 5. The lowest BCUT2D eigenvalue weighted by Crippen LogP contribution is -2.43. The molecule has 2 N–H and O–H groups in total. The maximum absolute atomic E-state index is 6.56. The molecule has 0 aromatic heterocycles. The van der Waals surface area contributed by atoms with Crippen LogP contribution in [-0.4, -0.2) is 5.54 Å². The standard InChI is InChI=1S/C17H35N/c1-3-5-6-7-8-9-13-17(18)14-11-16(10-4-2)12-15-17/h16H,3-15,18H2,1-2H3. The summed E-state index contributed by atoms with van der Waals surface area (Å²) in [6, 6.07) is 0. The van der Waals surface area contributed by atoms with Gasteiger partial charge in [0.25, 0.3) is 0 Å². The van der Waals surface area contributed by atoms with Crippen molar-refractivity contribution in [1.82, 2.24) is 0 Å². The summed E-state index contributed by atoms with van der Waals surface area (Å²) < 4.78 is 0. The van der Waals surface area contributed by atoms with Gasteiger partial charge in [-0.2, -0.15) is 0 Å². The second-order valence-corrected chi connectivity index (χ2v) is 6.61. The molecule has 1 aliphatic carbocycles. The fourth-order valence-electron chi connectivity index (χ4n) is 3.46. The average Bonchev–Trinajstić information content (AvgIpc) is 2.37. The highest BCUT2D eigenvalue weighted by molar-refractivity contribution is 4.89. The van der Waals surface area contributed by atoms with Gasteiger partial charge in [0.05, 0.1) is 0 Å². The lowest BCUT2D eigenvalue weighted by atomic mass is 9.73. The average molecular weight is 253 g/mol. The number of rotatable bonds is 9. The van der Waals surface area contributed by atoms with Crippen LogP contribution in [-0.2, 0) is 0 Å². The van der Waals surface area contributed by atoms with Gasteiger partial charge >= 0.3 is 0 Å². The van der Waals surface area contributed by atoms with Crippen LogP contribution >= 0.6 is 0 Å². The minimum atomic E-state index is 0.203. The van der Waals surface area contributed by atoms with Crippen molar-refractivity contribution in [2.75, 3.05) is 0 Å². The van der Waals surface area contributed by atoms with Gasteiger partial charge in [0.15, 0.2) is 0 Å². The van der Waals surface area contributed by atoms with E-state index in [1.165, 1.54) is 83.5 Å². The summed E-state index contributed by atoms with van der Waals surface area (Å²) in [4.78, 5) is 0. The smallest absolute Gasteiger partial charge is 0.0154 e. The summed E-state index contributed by atoms with van der Waals surface area (Å²) in [6.45, 7) is 4.59. The van der Waals surface area contributed by atoms with Crippen LogP contribution in [0.1, 0.15) is 97.3 Å². The van der Waals surface area contributed by atoms with Gasteiger partial charge in [0, 0.05) is 5.54 Å². The van der Waals surface area contributed by atoms with Gasteiger partial charge in [-0.05, 0) is 38.0 Å². The Labute approximate surface area is 115 Å². The molecule has 108 valence electrons. The topological polar surface area (TPSA) is 26.0 Å². The van der Waals surface area contributed by atoms with Crippen LogP contribution in [0.3, 0.4) is 0 Å². The summed E-state index contributed by atoms with van der Waals surface area (Å²) in [5.74, 6) is 0.983. The molecule has 1 nitrogen and oxygen atoms in total. The predicted octanol–water partition coefficient (Wildman–Crippen LogP) is 5.42. The summed E-state index contributed by atoms with van der Waals surface area (Å²) >= 11 is 0. The highest BCUT2D eigenvalue weighted by atomic mass is 14.7. The fourth-order valence-corrected chi connectivity index (χ4v) is 3.46. The van der Waals surface area contributed by atoms with Crippen LogP contribution in [0, 0.1) is 5.92 Å². The minimum Gasteiger partial charge on any atom is -0.325 e. The normalized spacial score (nSPS) is 28.5. The van der Waals surface area contributed by atoms with E-state index in [2.05, 4.69) is 13.8 Å². The molecular weight excluding hydrogens is 218 g/mol. The summed E-state index contributed by atoms with van der Waals surface area (Å²) in [5.41, 5.74) is 6.76. The molecule has 0 radical (unpaired) electrons. The molecule has 0 amide bonds. The Morgan fingerprint density at radius 2 is 1.50 bits per heavy atom. The van der Waals surface area contributed by atoms with Crippen molar-refractivity contribution in [3.05, 3.63) is 0 Å². The molecule has 0 spiro atoms. The molecular formula is C17H35N. The van der Waals surface area contributed by atoms with Gasteiger partial charge < -0.3 is 5.73 Å². The molecule has 18 heavy (non-hydrogen) atoms. The van der Waals surface area contributed by atoms with E-state index in [9.17, 15) is 0 Å². The van der Waals surface area contributed by atoms with E-state index >= 15 is 0 Å². The SMILES string of the molecule is CCCCCCCCC1(N)CCC(CCC)CC1. The molecule has 0 unspecified atom stereocenters.